The van der Waals surface area contributed by atoms with E-state index in [-0.39, 0.29) is 5.54 Å². The van der Waals surface area contributed by atoms with Crippen molar-refractivity contribution in [3.05, 3.63) is 0 Å². The fraction of sp³-hybridized carbons (Fsp3) is 1.00. The highest BCUT2D eigenvalue weighted by molar-refractivity contribution is 6.65. The van der Waals surface area contributed by atoms with Gasteiger partial charge in [0.05, 0.1) is 0 Å². The summed E-state index contributed by atoms with van der Waals surface area (Å²) in [7, 11) is 2.81. The van der Waals surface area contributed by atoms with Gasteiger partial charge in [-0.25, -0.2) is 0 Å². The summed E-state index contributed by atoms with van der Waals surface area (Å²) in [6.45, 7) is 5.90. The van der Waals surface area contributed by atoms with Crippen molar-refractivity contribution in [3.63, 3.8) is 0 Å². The predicted octanol–water partition coefficient (Wildman–Crippen LogP) is -2.69. The summed E-state index contributed by atoms with van der Waals surface area (Å²) in [5.41, 5.74) is 5.35. The highest BCUT2D eigenvalue weighted by atomic mass is 15.0. The average Bonchev–Trinajstić information content (AvgIpc) is 1.88. The second kappa shape index (κ2) is 5.66. The molecule has 1 rings (SSSR count). The van der Waals surface area contributed by atoms with Crippen LogP contribution in [-0.2, 0) is 0 Å². The minimum atomic E-state index is 0. The third-order valence-corrected chi connectivity index (χ3v) is 0.750. The lowest BCUT2D eigenvalue weighted by Gasteiger charge is -2.08. The Labute approximate surface area is 70.9 Å². The van der Waals surface area contributed by atoms with E-state index >= 15 is 0 Å². The molecule has 7 heteroatoms. The van der Waals surface area contributed by atoms with Crippen molar-refractivity contribution in [1.29, 1.82) is 0 Å². The minimum absolute atomic E-state index is 0. The van der Waals surface area contributed by atoms with Gasteiger partial charge in [0, 0.05) is 5.54 Å². The molecular formula is C4H17B3N4. The van der Waals surface area contributed by atoms with Gasteiger partial charge in [0.25, 0.3) is 22.6 Å². The summed E-state index contributed by atoms with van der Waals surface area (Å²) >= 11 is 0. The van der Waals surface area contributed by atoms with Gasteiger partial charge < -0.3 is 21.2 Å². The molecule has 4 nitrogen and oxygen atoms in total. The molecule has 11 heavy (non-hydrogen) atoms. The van der Waals surface area contributed by atoms with E-state index in [1.165, 1.54) is 0 Å². The van der Waals surface area contributed by atoms with E-state index in [2.05, 4.69) is 15.4 Å². The van der Waals surface area contributed by atoms with Gasteiger partial charge in [-0.05, 0) is 20.8 Å². The SMILES string of the molecule is B1NBNBN1.CC(C)(C)N. The first kappa shape index (κ1) is 11.0. The van der Waals surface area contributed by atoms with E-state index in [9.17, 15) is 0 Å². The van der Waals surface area contributed by atoms with Crippen molar-refractivity contribution in [2.45, 2.75) is 26.3 Å². The molecule has 0 bridgehead atoms. The summed E-state index contributed by atoms with van der Waals surface area (Å²) in [6, 6.07) is 0. The van der Waals surface area contributed by atoms with Gasteiger partial charge in [-0.2, -0.15) is 0 Å². The lowest BCUT2D eigenvalue weighted by atomic mass is 9.85. The molecule has 1 aliphatic heterocycles. The number of nitrogens with one attached hydrogen (secondary N) is 3. The second-order valence-electron chi connectivity index (χ2n) is 3.65. The smallest absolute Gasteiger partial charge is 0.265 e. The van der Waals surface area contributed by atoms with E-state index < -0.39 is 0 Å². The van der Waals surface area contributed by atoms with Crippen LogP contribution in [-0.4, -0.2) is 28.2 Å². The Morgan fingerprint density at radius 3 is 1.18 bits per heavy atom. The third-order valence-electron chi connectivity index (χ3n) is 0.750. The van der Waals surface area contributed by atoms with Gasteiger partial charge in [-0.3, -0.25) is 0 Å². The molecule has 1 heterocycles. The normalized spacial score (nSPS) is 16.4. The van der Waals surface area contributed by atoms with Crippen LogP contribution in [0, 0.1) is 0 Å². The summed E-state index contributed by atoms with van der Waals surface area (Å²) in [6.07, 6.45) is 0. The highest BCUT2D eigenvalue weighted by Crippen LogP contribution is 1.88. The zero-order valence-corrected chi connectivity index (χ0v) is 7.70. The van der Waals surface area contributed by atoms with Crippen molar-refractivity contribution in [2.75, 3.05) is 0 Å². The molecule has 0 aromatic carbocycles. The Bertz CT molecular complexity index is 72.3. The van der Waals surface area contributed by atoms with Crippen LogP contribution in [0.5, 0.6) is 0 Å². The van der Waals surface area contributed by atoms with Crippen LogP contribution in [0.25, 0.3) is 0 Å². The van der Waals surface area contributed by atoms with E-state index in [4.69, 9.17) is 5.73 Å². The van der Waals surface area contributed by atoms with Gasteiger partial charge >= 0.3 is 0 Å². The van der Waals surface area contributed by atoms with Crippen molar-refractivity contribution in [2.24, 2.45) is 5.73 Å². The molecule has 0 spiro atoms. The van der Waals surface area contributed by atoms with Gasteiger partial charge in [0.2, 0.25) is 0 Å². The molecule has 0 aliphatic carbocycles. The molecule has 0 atom stereocenters. The van der Waals surface area contributed by atoms with E-state index in [1.54, 1.807) is 0 Å². The fourth-order valence-electron chi connectivity index (χ4n) is 0.453. The predicted molar refractivity (Wildman–Crippen MR) is 54.8 cm³/mol. The van der Waals surface area contributed by atoms with Crippen LogP contribution in [0.1, 0.15) is 20.8 Å². The minimum Gasteiger partial charge on any atom is -0.378 e. The van der Waals surface area contributed by atoms with Crippen molar-refractivity contribution in [3.8, 4) is 0 Å². The van der Waals surface area contributed by atoms with Gasteiger partial charge in [-0.15, -0.1) is 0 Å². The van der Waals surface area contributed by atoms with Gasteiger partial charge in [0.15, 0.2) is 0 Å². The van der Waals surface area contributed by atoms with Crippen molar-refractivity contribution in [1.82, 2.24) is 15.4 Å². The van der Waals surface area contributed by atoms with Crippen molar-refractivity contribution >= 4 is 22.6 Å². The molecule has 1 aliphatic rings. The second-order valence-corrected chi connectivity index (χ2v) is 3.65. The quantitative estimate of drug-likeness (QED) is 0.287. The van der Waals surface area contributed by atoms with E-state index in [1.807, 2.05) is 20.8 Å². The Morgan fingerprint density at radius 1 is 0.909 bits per heavy atom. The maximum Gasteiger partial charge on any atom is 0.265 e. The van der Waals surface area contributed by atoms with Crippen LogP contribution in [0.3, 0.4) is 0 Å². The number of rotatable bonds is 0. The highest BCUT2D eigenvalue weighted by Gasteiger charge is 1.97. The summed E-state index contributed by atoms with van der Waals surface area (Å²) in [5, 5.41) is 9.19. The Kier molecular flexibility index (Phi) is 5.67. The van der Waals surface area contributed by atoms with Crippen LogP contribution in [0.4, 0.5) is 0 Å². The molecule has 1 saturated heterocycles. The Morgan fingerprint density at radius 2 is 1.09 bits per heavy atom. The lowest BCUT2D eigenvalue weighted by molar-refractivity contribution is 0.580. The molecule has 0 aromatic rings. The first-order chi connectivity index (χ1) is 5.00. The Balaban J connectivity index is 0.000000187. The fourth-order valence-corrected chi connectivity index (χ4v) is 0.453. The first-order valence-electron chi connectivity index (χ1n) is 3.91. The van der Waals surface area contributed by atoms with E-state index in [0.717, 1.165) is 22.6 Å². The molecule has 0 unspecified atom stereocenters. The van der Waals surface area contributed by atoms with Gasteiger partial charge in [-0.1, -0.05) is 0 Å². The maximum absolute atomic E-state index is 5.35. The van der Waals surface area contributed by atoms with Crippen LogP contribution in [0.2, 0.25) is 0 Å². The molecule has 5 N–H and O–H groups in total. The number of nitrogens with two attached hydrogens (primary N) is 1. The van der Waals surface area contributed by atoms with Crippen LogP contribution in [0.15, 0.2) is 0 Å². The summed E-state index contributed by atoms with van der Waals surface area (Å²) in [4.78, 5) is 0. The topological polar surface area (TPSA) is 62.1 Å². The lowest BCUT2D eigenvalue weighted by Crippen LogP contribution is -2.55. The molecule has 1 fully saturated rings. The zero-order valence-electron chi connectivity index (χ0n) is 7.70. The number of hydrogen-bond acceptors (Lipinski definition) is 4. The monoisotopic (exact) mass is 154 g/mol. The van der Waals surface area contributed by atoms with Crippen LogP contribution >= 0.6 is 0 Å². The summed E-state index contributed by atoms with van der Waals surface area (Å²) < 4.78 is 0. The molecule has 0 amide bonds. The molecule has 0 radical (unpaired) electrons. The summed E-state index contributed by atoms with van der Waals surface area (Å²) in [5.74, 6) is 0. The molecule has 0 saturated carbocycles. The Hall–Kier alpha value is 0.0348. The van der Waals surface area contributed by atoms with Gasteiger partial charge in [0.1, 0.15) is 0 Å². The van der Waals surface area contributed by atoms with E-state index in [0.29, 0.717) is 0 Å². The average molecular weight is 154 g/mol. The molecule has 0 aromatic heterocycles. The first-order valence-corrected chi connectivity index (χ1v) is 3.91. The van der Waals surface area contributed by atoms with Crippen molar-refractivity contribution < 1.29 is 0 Å². The zero-order chi connectivity index (χ0) is 8.74. The number of hydrogen-bond donors (Lipinski definition) is 4. The molecule has 62 valence electrons. The van der Waals surface area contributed by atoms with Crippen LogP contribution < -0.4 is 21.2 Å². The standard InChI is InChI=1S/C4H11N.B3H6N3/c1-4(2,3)5;1-4-2-6-3-5-1/h5H2,1-3H3;1-6H. The maximum atomic E-state index is 5.35. The molecular weight excluding hydrogens is 137 g/mol. The largest absolute Gasteiger partial charge is 0.378 e. The third kappa shape index (κ3) is 17.8.